The molecule has 3 aromatic rings. The Morgan fingerprint density at radius 1 is 1.04 bits per heavy atom. The van der Waals surface area contributed by atoms with Crippen LogP contribution in [0, 0.1) is 13.8 Å². The molecule has 0 amide bonds. The van der Waals surface area contributed by atoms with E-state index in [1.54, 1.807) is 12.3 Å². The number of pyridine rings is 1. The number of benzene rings is 2. The van der Waals surface area contributed by atoms with Crippen LogP contribution in [0.5, 0.6) is 5.75 Å². The topological polar surface area (TPSA) is 48.4 Å². The Bertz CT molecular complexity index is 922. The molecule has 0 aliphatic heterocycles. The summed E-state index contributed by atoms with van der Waals surface area (Å²) in [5.74, 6) is 0.387. The summed E-state index contributed by atoms with van der Waals surface area (Å²) >= 11 is 0. The molecule has 1 heterocycles. The van der Waals surface area contributed by atoms with E-state index < -0.39 is 5.97 Å². The van der Waals surface area contributed by atoms with E-state index >= 15 is 0 Å². The highest BCUT2D eigenvalue weighted by molar-refractivity contribution is 5.92. The quantitative estimate of drug-likeness (QED) is 0.374. The van der Waals surface area contributed by atoms with Crippen molar-refractivity contribution in [3.63, 3.8) is 0 Å². The first-order chi connectivity index (χ1) is 12.6. The fourth-order valence-electron chi connectivity index (χ4n) is 2.79. The molecule has 4 heteroatoms. The van der Waals surface area contributed by atoms with Gasteiger partial charge >= 0.3 is 5.97 Å². The number of hydrogen-bond donors (Lipinski definition) is 0. The smallest absolute Gasteiger partial charge is 0.330 e. The third-order valence-electron chi connectivity index (χ3n) is 3.85. The van der Waals surface area contributed by atoms with Crippen LogP contribution in [-0.4, -0.2) is 24.2 Å². The summed E-state index contributed by atoms with van der Waals surface area (Å²) < 4.78 is 10.8. The second kappa shape index (κ2) is 8.30. The maximum absolute atomic E-state index is 11.9. The lowest BCUT2D eigenvalue weighted by Gasteiger charge is -2.08. The molecule has 0 aliphatic rings. The highest BCUT2D eigenvalue weighted by atomic mass is 16.6. The predicted octanol–water partition coefficient (Wildman–Crippen LogP) is 4.49. The Morgan fingerprint density at radius 3 is 2.62 bits per heavy atom. The number of esters is 1. The lowest BCUT2D eigenvalue weighted by Crippen LogP contribution is -2.10. The molecule has 0 saturated carbocycles. The largest absolute Gasteiger partial charge is 0.490 e. The van der Waals surface area contributed by atoms with E-state index in [1.165, 1.54) is 6.08 Å². The molecule has 3 rings (SSSR count). The van der Waals surface area contributed by atoms with E-state index in [2.05, 4.69) is 11.1 Å². The van der Waals surface area contributed by atoms with Crippen molar-refractivity contribution in [3.05, 3.63) is 77.5 Å². The van der Waals surface area contributed by atoms with Gasteiger partial charge in [0.05, 0.1) is 5.52 Å². The molecule has 132 valence electrons. The van der Waals surface area contributed by atoms with Crippen LogP contribution < -0.4 is 4.74 Å². The molecule has 0 spiro atoms. The van der Waals surface area contributed by atoms with Gasteiger partial charge in [0, 0.05) is 23.2 Å². The first kappa shape index (κ1) is 17.7. The van der Waals surface area contributed by atoms with Crippen LogP contribution in [0.4, 0.5) is 0 Å². The fourth-order valence-corrected chi connectivity index (χ4v) is 2.79. The molecule has 0 saturated heterocycles. The molecule has 0 fully saturated rings. The Morgan fingerprint density at radius 2 is 1.81 bits per heavy atom. The summed E-state index contributed by atoms with van der Waals surface area (Å²) in [6.45, 7) is 4.56. The lowest BCUT2D eigenvalue weighted by molar-refractivity contribution is -0.138. The van der Waals surface area contributed by atoms with E-state index in [4.69, 9.17) is 9.47 Å². The van der Waals surface area contributed by atoms with Gasteiger partial charge in [0.25, 0.3) is 0 Å². The third kappa shape index (κ3) is 4.70. The van der Waals surface area contributed by atoms with Crippen molar-refractivity contribution < 1.29 is 14.3 Å². The predicted molar refractivity (Wildman–Crippen MR) is 103 cm³/mol. The highest BCUT2D eigenvalue weighted by Crippen LogP contribution is 2.17. The number of hydrogen-bond acceptors (Lipinski definition) is 4. The Hall–Kier alpha value is -3.14. The van der Waals surface area contributed by atoms with Crippen molar-refractivity contribution in [2.24, 2.45) is 0 Å². The highest BCUT2D eigenvalue weighted by Gasteiger charge is 2.02. The number of fused-ring (bicyclic) bond motifs is 1. The van der Waals surface area contributed by atoms with E-state index in [9.17, 15) is 4.79 Å². The number of para-hydroxylation sites is 1. The van der Waals surface area contributed by atoms with Crippen LogP contribution in [0.2, 0.25) is 0 Å². The van der Waals surface area contributed by atoms with Gasteiger partial charge in [0.1, 0.15) is 19.0 Å². The number of nitrogens with zero attached hydrogens (tertiary/aromatic N) is 1. The zero-order valence-electron chi connectivity index (χ0n) is 14.9. The van der Waals surface area contributed by atoms with Gasteiger partial charge in [-0.15, -0.1) is 0 Å². The van der Waals surface area contributed by atoms with Crippen LogP contribution in [0.15, 0.2) is 60.8 Å². The Balaban J connectivity index is 1.51. The van der Waals surface area contributed by atoms with Gasteiger partial charge in [-0.25, -0.2) is 4.79 Å². The van der Waals surface area contributed by atoms with Crippen LogP contribution in [0.25, 0.3) is 17.0 Å². The third-order valence-corrected chi connectivity index (χ3v) is 3.85. The molecular weight excluding hydrogens is 326 g/mol. The van der Waals surface area contributed by atoms with E-state index in [0.717, 1.165) is 33.3 Å². The van der Waals surface area contributed by atoms with Gasteiger partial charge < -0.3 is 9.47 Å². The van der Waals surface area contributed by atoms with Crippen LogP contribution >= 0.6 is 0 Å². The van der Waals surface area contributed by atoms with Crippen LogP contribution in [-0.2, 0) is 9.53 Å². The van der Waals surface area contributed by atoms with Gasteiger partial charge in [-0.1, -0.05) is 30.3 Å². The van der Waals surface area contributed by atoms with Crippen molar-refractivity contribution in [1.82, 2.24) is 4.98 Å². The standard InChI is InChI=1S/C22H21NO3/c1-16-13-17(2)15-20(14-16)25-11-12-26-21(24)9-8-19-6-3-5-18-7-4-10-23-22(18)19/h3-10,13-15H,11-12H2,1-2H3/b9-8+. The van der Waals surface area contributed by atoms with Crippen molar-refractivity contribution in [3.8, 4) is 5.75 Å². The zero-order chi connectivity index (χ0) is 18.4. The van der Waals surface area contributed by atoms with Gasteiger partial charge in [-0.05, 0) is 49.2 Å². The second-order valence-electron chi connectivity index (χ2n) is 6.10. The Labute approximate surface area is 153 Å². The summed E-state index contributed by atoms with van der Waals surface area (Å²) in [7, 11) is 0. The van der Waals surface area contributed by atoms with E-state index in [1.807, 2.05) is 56.3 Å². The van der Waals surface area contributed by atoms with Crippen molar-refractivity contribution >= 4 is 22.9 Å². The first-order valence-corrected chi connectivity index (χ1v) is 8.51. The molecule has 4 nitrogen and oxygen atoms in total. The average molecular weight is 347 g/mol. The maximum Gasteiger partial charge on any atom is 0.330 e. The average Bonchev–Trinajstić information content (AvgIpc) is 2.63. The van der Waals surface area contributed by atoms with Crippen molar-refractivity contribution in [2.45, 2.75) is 13.8 Å². The molecule has 2 aromatic carbocycles. The summed E-state index contributed by atoms with van der Waals surface area (Å²) in [6.07, 6.45) is 4.88. The lowest BCUT2D eigenvalue weighted by atomic mass is 10.1. The second-order valence-corrected chi connectivity index (χ2v) is 6.10. The summed E-state index contributed by atoms with van der Waals surface area (Å²) in [5, 5.41) is 1.03. The molecule has 0 atom stereocenters. The van der Waals surface area contributed by atoms with Gasteiger partial charge in [0.15, 0.2) is 0 Å². The molecule has 26 heavy (non-hydrogen) atoms. The Kier molecular flexibility index (Phi) is 5.64. The van der Waals surface area contributed by atoms with E-state index in [-0.39, 0.29) is 6.61 Å². The number of carbonyl (C=O) groups excluding carboxylic acids is 1. The van der Waals surface area contributed by atoms with Crippen LogP contribution in [0.3, 0.4) is 0 Å². The molecule has 0 N–H and O–H groups in total. The number of rotatable bonds is 6. The van der Waals surface area contributed by atoms with Crippen molar-refractivity contribution in [2.75, 3.05) is 13.2 Å². The molecule has 1 aromatic heterocycles. The number of aryl methyl sites for hydroxylation is 2. The number of aromatic nitrogens is 1. The molecular formula is C22H21NO3. The minimum absolute atomic E-state index is 0.198. The van der Waals surface area contributed by atoms with E-state index in [0.29, 0.717) is 6.61 Å². The molecule has 0 aliphatic carbocycles. The first-order valence-electron chi connectivity index (χ1n) is 8.51. The number of ether oxygens (including phenoxy) is 2. The number of carbonyl (C=O) groups is 1. The minimum atomic E-state index is -0.401. The van der Waals surface area contributed by atoms with Crippen LogP contribution in [0.1, 0.15) is 16.7 Å². The summed E-state index contributed by atoms with van der Waals surface area (Å²) in [6, 6.07) is 15.7. The van der Waals surface area contributed by atoms with Gasteiger partial charge in [-0.3, -0.25) is 4.98 Å². The van der Waals surface area contributed by atoms with Crippen molar-refractivity contribution in [1.29, 1.82) is 0 Å². The fraction of sp³-hybridized carbons (Fsp3) is 0.182. The summed E-state index contributed by atoms with van der Waals surface area (Å²) in [4.78, 5) is 16.2. The molecule has 0 radical (unpaired) electrons. The van der Waals surface area contributed by atoms with Gasteiger partial charge in [0.2, 0.25) is 0 Å². The normalized spacial score (nSPS) is 11.0. The SMILES string of the molecule is Cc1cc(C)cc(OCCOC(=O)/C=C/c2cccc3cccnc23)c1. The molecule has 0 bridgehead atoms. The maximum atomic E-state index is 11.9. The zero-order valence-corrected chi connectivity index (χ0v) is 14.9. The summed E-state index contributed by atoms with van der Waals surface area (Å²) in [5.41, 5.74) is 4.02. The monoisotopic (exact) mass is 347 g/mol. The molecule has 0 unspecified atom stereocenters. The van der Waals surface area contributed by atoms with Gasteiger partial charge in [-0.2, -0.15) is 0 Å². The minimum Gasteiger partial charge on any atom is -0.490 e.